The maximum Gasteiger partial charge on any atom is 0.123 e. The first-order valence-electron chi connectivity index (χ1n) is 8.81. The van der Waals surface area contributed by atoms with Crippen LogP contribution < -0.4 is 25.6 Å². The number of halogens is 1. The van der Waals surface area contributed by atoms with Crippen LogP contribution in [0.3, 0.4) is 0 Å². The number of nitrogens with one attached hydrogen (secondary N) is 3. The maximum atomic E-state index is 13.2. The van der Waals surface area contributed by atoms with Gasteiger partial charge in [-0.25, -0.2) is 9.82 Å². The number of ether oxygens (including phenoxy) is 2. The molecule has 140 valence electrons. The Bertz CT molecular complexity index is 723. The third kappa shape index (κ3) is 4.15. The molecular weight excluding hydrogens is 333 g/mol. The molecule has 3 N–H and O–H groups in total. The Balaban J connectivity index is 1.67. The van der Waals surface area contributed by atoms with Crippen molar-refractivity contribution in [1.82, 2.24) is 16.2 Å². The van der Waals surface area contributed by atoms with E-state index in [0.29, 0.717) is 5.92 Å². The number of benzene rings is 2. The Morgan fingerprint density at radius 2 is 1.92 bits per heavy atom. The van der Waals surface area contributed by atoms with Gasteiger partial charge in [-0.2, -0.15) is 0 Å². The van der Waals surface area contributed by atoms with Crippen LogP contribution in [0.15, 0.2) is 42.5 Å². The van der Waals surface area contributed by atoms with E-state index in [2.05, 4.69) is 23.1 Å². The van der Waals surface area contributed by atoms with E-state index in [1.54, 1.807) is 14.2 Å². The molecule has 1 aliphatic heterocycles. The highest BCUT2D eigenvalue weighted by Gasteiger charge is 2.28. The quantitative estimate of drug-likeness (QED) is 0.710. The van der Waals surface area contributed by atoms with Gasteiger partial charge in [0.05, 0.1) is 20.3 Å². The van der Waals surface area contributed by atoms with Crippen molar-refractivity contribution in [2.45, 2.75) is 19.0 Å². The van der Waals surface area contributed by atoms with E-state index in [1.807, 2.05) is 30.3 Å². The fraction of sp³-hybridized carbons (Fsp3) is 0.400. The zero-order chi connectivity index (χ0) is 18.5. The van der Waals surface area contributed by atoms with Crippen molar-refractivity contribution in [1.29, 1.82) is 0 Å². The van der Waals surface area contributed by atoms with Gasteiger partial charge in [0, 0.05) is 30.6 Å². The van der Waals surface area contributed by atoms with Crippen LogP contribution >= 0.6 is 0 Å². The highest BCUT2D eigenvalue weighted by Crippen LogP contribution is 2.30. The van der Waals surface area contributed by atoms with Gasteiger partial charge in [0.15, 0.2) is 0 Å². The first-order chi connectivity index (χ1) is 12.6. The summed E-state index contributed by atoms with van der Waals surface area (Å²) in [4.78, 5) is 0. The Morgan fingerprint density at radius 3 is 2.62 bits per heavy atom. The van der Waals surface area contributed by atoms with Gasteiger partial charge >= 0.3 is 0 Å². The highest BCUT2D eigenvalue weighted by molar-refractivity contribution is 5.42. The minimum atomic E-state index is -0.215. The summed E-state index contributed by atoms with van der Waals surface area (Å²) in [6, 6.07) is 12.7. The molecule has 0 amide bonds. The summed E-state index contributed by atoms with van der Waals surface area (Å²) in [5.41, 5.74) is 8.64. The topological polar surface area (TPSA) is 54.6 Å². The van der Waals surface area contributed by atoms with Crippen LogP contribution in [0, 0.1) is 11.7 Å². The molecule has 0 spiro atoms. The molecule has 0 saturated carbocycles. The lowest BCUT2D eigenvalue weighted by molar-refractivity contribution is 0.382. The van der Waals surface area contributed by atoms with Gasteiger partial charge in [-0.15, -0.1) is 0 Å². The van der Waals surface area contributed by atoms with E-state index in [-0.39, 0.29) is 17.9 Å². The lowest BCUT2D eigenvalue weighted by Gasteiger charge is -2.23. The van der Waals surface area contributed by atoms with Crippen molar-refractivity contribution < 1.29 is 13.9 Å². The summed E-state index contributed by atoms with van der Waals surface area (Å²) in [7, 11) is 3.33. The molecule has 3 rings (SSSR count). The molecule has 1 fully saturated rings. The molecule has 0 radical (unpaired) electrons. The van der Waals surface area contributed by atoms with E-state index in [9.17, 15) is 4.39 Å². The van der Waals surface area contributed by atoms with Gasteiger partial charge in [0.2, 0.25) is 0 Å². The Hall–Kier alpha value is -2.15. The van der Waals surface area contributed by atoms with E-state index >= 15 is 0 Å². The van der Waals surface area contributed by atoms with Gasteiger partial charge < -0.3 is 14.8 Å². The molecule has 2 aromatic rings. The zero-order valence-electron chi connectivity index (χ0n) is 15.4. The van der Waals surface area contributed by atoms with Gasteiger partial charge in [-0.05, 0) is 42.8 Å². The first-order valence-corrected chi connectivity index (χ1v) is 8.81. The van der Waals surface area contributed by atoms with Crippen LogP contribution in [-0.2, 0) is 0 Å². The van der Waals surface area contributed by atoms with E-state index in [1.165, 1.54) is 12.1 Å². The second kappa shape index (κ2) is 8.49. The number of hydrogen-bond donors (Lipinski definition) is 3. The smallest absolute Gasteiger partial charge is 0.123 e. The standard InChI is InChI=1S/C20H26FN3O2/c1-13(18-10-17(25-2)8-9-19(18)26-3)22-11-15-12-23-24-20(15)14-4-6-16(21)7-5-14/h4-10,13,15,20,22-24H,11-12H2,1-3H3. The number of methoxy groups -OCH3 is 2. The first kappa shape index (κ1) is 18.6. The minimum Gasteiger partial charge on any atom is -0.497 e. The summed E-state index contributed by atoms with van der Waals surface area (Å²) < 4.78 is 24.0. The van der Waals surface area contributed by atoms with Crippen LogP contribution in [0.1, 0.15) is 30.1 Å². The number of hydrogen-bond acceptors (Lipinski definition) is 5. The van der Waals surface area contributed by atoms with Crippen LogP contribution in [0.4, 0.5) is 4.39 Å². The van der Waals surface area contributed by atoms with Crippen LogP contribution in [0.25, 0.3) is 0 Å². The molecule has 2 aromatic carbocycles. The molecular formula is C20H26FN3O2. The van der Waals surface area contributed by atoms with Crippen molar-refractivity contribution in [3.8, 4) is 11.5 Å². The number of hydrazine groups is 1. The average Bonchev–Trinajstić information content (AvgIpc) is 3.14. The van der Waals surface area contributed by atoms with Crippen LogP contribution in [-0.4, -0.2) is 27.3 Å². The monoisotopic (exact) mass is 359 g/mol. The van der Waals surface area contributed by atoms with Crippen molar-refractivity contribution in [2.75, 3.05) is 27.3 Å². The second-order valence-corrected chi connectivity index (χ2v) is 6.55. The summed E-state index contributed by atoms with van der Waals surface area (Å²) in [6.07, 6.45) is 0. The molecule has 1 aliphatic rings. The van der Waals surface area contributed by atoms with Crippen molar-refractivity contribution in [2.24, 2.45) is 5.92 Å². The molecule has 26 heavy (non-hydrogen) atoms. The minimum absolute atomic E-state index is 0.106. The maximum absolute atomic E-state index is 13.2. The number of rotatable bonds is 7. The molecule has 3 atom stereocenters. The summed E-state index contributed by atoms with van der Waals surface area (Å²) in [6.45, 7) is 3.76. The van der Waals surface area contributed by atoms with Gasteiger partial charge in [0.1, 0.15) is 17.3 Å². The Morgan fingerprint density at radius 1 is 1.15 bits per heavy atom. The molecule has 0 aromatic heterocycles. The highest BCUT2D eigenvalue weighted by atomic mass is 19.1. The SMILES string of the molecule is COc1ccc(OC)c(C(C)NCC2CNNC2c2ccc(F)cc2)c1. The molecule has 3 unspecified atom stereocenters. The van der Waals surface area contributed by atoms with Gasteiger partial charge in [-0.3, -0.25) is 5.43 Å². The zero-order valence-corrected chi connectivity index (χ0v) is 15.4. The molecule has 0 aliphatic carbocycles. The van der Waals surface area contributed by atoms with Crippen molar-refractivity contribution in [3.05, 3.63) is 59.4 Å². The summed E-state index contributed by atoms with van der Waals surface area (Å²) in [5.74, 6) is 1.78. The van der Waals surface area contributed by atoms with Crippen LogP contribution in [0.2, 0.25) is 0 Å². The van der Waals surface area contributed by atoms with Crippen LogP contribution in [0.5, 0.6) is 11.5 Å². The van der Waals surface area contributed by atoms with E-state index < -0.39 is 0 Å². The predicted octanol–water partition coefficient (Wildman–Crippen LogP) is 2.96. The van der Waals surface area contributed by atoms with E-state index in [0.717, 1.165) is 35.7 Å². The van der Waals surface area contributed by atoms with E-state index in [4.69, 9.17) is 9.47 Å². The van der Waals surface area contributed by atoms with Gasteiger partial charge in [-0.1, -0.05) is 12.1 Å². The largest absolute Gasteiger partial charge is 0.497 e. The predicted molar refractivity (Wildman–Crippen MR) is 99.7 cm³/mol. The fourth-order valence-electron chi connectivity index (χ4n) is 3.37. The third-order valence-electron chi connectivity index (χ3n) is 4.91. The summed E-state index contributed by atoms with van der Waals surface area (Å²) >= 11 is 0. The molecule has 0 bridgehead atoms. The summed E-state index contributed by atoms with van der Waals surface area (Å²) in [5, 5.41) is 3.59. The van der Waals surface area contributed by atoms with Crippen molar-refractivity contribution >= 4 is 0 Å². The molecule has 1 saturated heterocycles. The van der Waals surface area contributed by atoms with Gasteiger partial charge in [0.25, 0.3) is 0 Å². The Kier molecular flexibility index (Phi) is 6.08. The molecule has 5 nitrogen and oxygen atoms in total. The third-order valence-corrected chi connectivity index (χ3v) is 4.91. The lowest BCUT2D eigenvalue weighted by Crippen LogP contribution is -2.30. The normalized spacial score (nSPS) is 20.8. The fourth-order valence-corrected chi connectivity index (χ4v) is 3.37. The van der Waals surface area contributed by atoms with Crippen molar-refractivity contribution in [3.63, 3.8) is 0 Å². The average molecular weight is 359 g/mol. The molecule has 1 heterocycles. The second-order valence-electron chi connectivity index (χ2n) is 6.55. The lowest BCUT2D eigenvalue weighted by atomic mass is 9.94. The molecule has 6 heteroatoms. The Labute approximate surface area is 153 Å².